The molecule has 0 radical (unpaired) electrons. The monoisotopic (exact) mass is 298 g/mol. The Balaban J connectivity index is 2.37. The van der Waals surface area contributed by atoms with Crippen LogP contribution in [-0.4, -0.2) is 25.3 Å². The zero-order chi connectivity index (χ0) is 15.8. The van der Waals surface area contributed by atoms with Crippen LogP contribution in [0.25, 0.3) is 0 Å². The number of ether oxygens (including phenoxy) is 1. The van der Waals surface area contributed by atoms with E-state index in [0.29, 0.717) is 23.6 Å². The van der Waals surface area contributed by atoms with Gasteiger partial charge in [0.25, 0.3) is 5.91 Å². The molecule has 0 saturated carbocycles. The predicted octanol–water partition coefficient (Wildman–Crippen LogP) is 2.97. The number of amides is 1. The fourth-order valence-electron chi connectivity index (χ4n) is 1.92. The van der Waals surface area contributed by atoms with Gasteiger partial charge in [0.1, 0.15) is 18.6 Å². The molecule has 22 heavy (non-hydrogen) atoms. The van der Waals surface area contributed by atoms with E-state index in [1.807, 2.05) is 49.4 Å². The van der Waals surface area contributed by atoms with Gasteiger partial charge in [0.15, 0.2) is 5.71 Å². The molecule has 1 N–H and O–H groups in total. The van der Waals surface area contributed by atoms with Crippen molar-refractivity contribution in [3.63, 3.8) is 0 Å². The molecule has 0 fully saturated rings. The largest absolute Gasteiger partial charge is 0.457 e. The highest BCUT2D eigenvalue weighted by atomic mass is 16.6. The third-order valence-electron chi connectivity index (χ3n) is 2.85. The highest BCUT2D eigenvalue weighted by molar-refractivity contribution is 6.45. The number of carbonyl (C=O) groups is 1. The Morgan fingerprint density at radius 2 is 1.77 bits per heavy atom. The molecule has 0 atom stereocenters. The molecule has 0 aliphatic heterocycles. The van der Waals surface area contributed by atoms with Crippen molar-refractivity contribution in [2.24, 2.45) is 5.16 Å². The average Bonchev–Trinajstić information content (AvgIpc) is 2.54. The molecule has 5 heteroatoms. The van der Waals surface area contributed by atoms with Crippen LogP contribution in [0.15, 0.2) is 59.8 Å². The summed E-state index contributed by atoms with van der Waals surface area (Å²) in [6.07, 6.45) is 0. The van der Waals surface area contributed by atoms with E-state index in [0.717, 1.165) is 0 Å². The second-order valence-electron chi connectivity index (χ2n) is 4.39. The van der Waals surface area contributed by atoms with Gasteiger partial charge in [0.2, 0.25) is 0 Å². The molecule has 114 valence electrons. The molecule has 0 aliphatic rings. The summed E-state index contributed by atoms with van der Waals surface area (Å²) in [6.45, 7) is 2.35. The molecule has 0 spiro atoms. The second-order valence-corrected chi connectivity index (χ2v) is 4.39. The van der Waals surface area contributed by atoms with Crippen molar-refractivity contribution >= 4 is 11.6 Å². The summed E-state index contributed by atoms with van der Waals surface area (Å²) in [4.78, 5) is 17.0. The zero-order valence-corrected chi connectivity index (χ0v) is 12.6. The predicted molar refractivity (Wildman–Crippen MR) is 85.2 cm³/mol. The molecule has 2 aromatic rings. The van der Waals surface area contributed by atoms with Gasteiger partial charge in [-0.1, -0.05) is 35.5 Å². The lowest BCUT2D eigenvalue weighted by molar-refractivity contribution is -0.114. The minimum absolute atomic E-state index is 0.177. The highest BCUT2D eigenvalue weighted by Crippen LogP contribution is 2.25. The van der Waals surface area contributed by atoms with Crippen LogP contribution >= 0.6 is 0 Å². The number of hydrogen-bond acceptors (Lipinski definition) is 4. The van der Waals surface area contributed by atoms with E-state index in [1.165, 1.54) is 7.11 Å². The molecule has 0 aliphatic carbocycles. The number of rotatable bonds is 6. The van der Waals surface area contributed by atoms with Crippen molar-refractivity contribution in [1.82, 2.24) is 5.32 Å². The van der Waals surface area contributed by atoms with Gasteiger partial charge in [0, 0.05) is 6.54 Å². The Bertz CT molecular complexity index is 654. The zero-order valence-electron chi connectivity index (χ0n) is 12.6. The minimum Gasteiger partial charge on any atom is -0.457 e. The van der Waals surface area contributed by atoms with Crippen molar-refractivity contribution in [3.8, 4) is 11.5 Å². The number of hydrogen-bond donors (Lipinski definition) is 1. The van der Waals surface area contributed by atoms with Crippen LogP contribution in [0, 0.1) is 0 Å². The van der Waals surface area contributed by atoms with Crippen molar-refractivity contribution in [3.05, 3.63) is 60.2 Å². The summed E-state index contributed by atoms with van der Waals surface area (Å²) in [7, 11) is 1.40. The Hall–Kier alpha value is -2.82. The molecule has 0 heterocycles. The maximum atomic E-state index is 12.2. The lowest BCUT2D eigenvalue weighted by atomic mass is 10.1. The van der Waals surface area contributed by atoms with Crippen molar-refractivity contribution < 1.29 is 14.4 Å². The summed E-state index contributed by atoms with van der Waals surface area (Å²) in [5.74, 6) is 0.909. The van der Waals surface area contributed by atoms with Crippen LogP contribution in [0.3, 0.4) is 0 Å². The van der Waals surface area contributed by atoms with E-state index in [2.05, 4.69) is 10.5 Å². The van der Waals surface area contributed by atoms with Gasteiger partial charge < -0.3 is 14.9 Å². The maximum Gasteiger partial charge on any atom is 0.274 e. The first-order valence-electron chi connectivity index (χ1n) is 6.98. The smallest absolute Gasteiger partial charge is 0.274 e. The Kier molecular flexibility index (Phi) is 5.54. The topological polar surface area (TPSA) is 59.9 Å². The Morgan fingerprint density at radius 1 is 1.09 bits per heavy atom. The van der Waals surface area contributed by atoms with Gasteiger partial charge in [0.05, 0.1) is 5.56 Å². The van der Waals surface area contributed by atoms with E-state index >= 15 is 0 Å². The van der Waals surface area contributed by atoms with E-state index < -0.39 is 0 Å². The summed E-state index contributed by atoms with van der Waals surface area (Å²) < 4.78 is 5.85. The Morgan fingerprint density at radius 3 is 2.45 bits per heavy atom. The second kappa shape index (κ2) is 7.83. The standard InChI is InChI=1S/C17H18N2O3/c1-3-18-17(20)16(19-21-2)14-11-7-8-12-15(14)22-13-9-5-4-6-10-13/h4-12H,3H2,1-2H3,(H,18,20)/b19-16+. The summed E-state index contributed by atoms with van der Waals surface area (Å²) in [6, 6.07) is 16.6. The summed E-state index contributed by atoms with van der Waals surface area (Å²) in [5, 5.41) is 6.55. The van der Waals surface area contributed by atoms with Crippen LogP contribution < -0.4 is 10.1 Å². The Labute approximate surface area is 129 Å². The number of likely N-dealkylation sites (N-methyl/N-ethyl adjacent to an activating group) is 1. The van der Waals surface area contributed by atoms with Crippen LogP contribution in [0.1, 0.15) is 12.5 Å². The van der Waals surface area contributed by atoms with Gasteiger partial charge in [-0.15, -0.1) is 0 Å². The molecule has 2 rings (SSSR count). The number of para-hydroxylation sites is 2. The lowest BCUT2D eigenvalue weighted by Crippen LogP contribution is -2.31. The first-order valence-corrected chi connectivity index (χ1v) is 6.98. The SMILES string of the molecule is CCNC(=O)/C(=N/OC)c1ccccc1Oc1ccccc1. The van der Waals surface area contributed by atoms with Gasteiger partial charge in [-0.25, -0.2) is 0 Å². The quantitative estimate of drug-likeness (QED) is 0.659. The van der Waals surface area contributed by atoms with E-state index in [-0.39, 0.29) is 11.6 Å². The van der Waals surface area contributed by atoms with Crippen molar-refractivity contribution in [1.29, 1.82) is 0 Å². The van der Waals surface area contributed by atoms with Crippen LogP contribution in [-0.2, 0) is 9.63 Å². The molecule has 0 bridgehead atoms. The molecular formula is C17H18N2O3. The van der Waals surface area contributed by atoms with Gasteiger partial charge in [-0.2, -0.15) is 0 Å². The van der Waals surface area contributed by atoms with Gasteiger partial charge in [-0.05, 0) is 31.2 Å². The molecule has 0 unspecified atom stereocenters. The third-order valence-corrected chi connectivity index (χ3v) is 2.85. The number of nitrogens with zero attached hydrogens (tertiary/aromatic N) is 1. The first-order chi connectivity index (χ1) is 10.8. The third kappa shape index (κ3) is 3.85. The molecule has 1 amide bonds. The molecule has 2 aromatic carbocycles. The van der Waals surface area contributed by atoms with Crippen molar-refractivity contribution in [2.75, 3.05) is 13.7 Å². The number of carbonyl (C=O) groups excluding carboxylic acids is 1. The normalized spacial score (nSPS) is 10.9. The number of oxime groups is 1. The van der Waals surface area contributed by atoms with E-state index in [4.69, 9.17) is 9.57 Å². The number of benzene rings is 2. The van der Waals surface area contributed by atoms with Crippen molar-refractivity contribution in [2.45, 2.75) is 6.92 Å². The average molecular weight is 298 g/mol. The highest BCUT2D eigenvalue weighted by Gasteiger charge is 2.19. The lowest BCUT2D eigenvalue weighted by Gasteiger charge is -2.12. The molecular weight excluding hydrogens is 280 g/mol. The fraction of sp³-hybridized carbons (Fsp3) is 0.176. The van der Waals surface area contributed by atoms with E-state index in [1.54, 1.807) is 12.1 Å². The molecule has 0 aromatic heterocycles. The summed E-state index contributed by atoms with van der Waals surface area (Å²) in [5.41, 5.74) is 0.745. The molecule has 5 nitrogen and oxygen atoms in total. The number of nitrogens with one attached hydrogen (secondary N) is 1. The summed E-state index contributed by atoms with van der Waals surface area (Å²) >= 11 is 0. The first kappa shape index (κ1) is 15.6. The fourth-order valence-corrected chi connectivity index (χ4v) is 1.92. The van der Waals surface area contributed by atoms with Gasteiger partial charge in [-0.3, -0.25) is 4.79 Å². The maximum absolute atomic E-state index is 12.2. The van der Waals surface area contributed by atoms with Crippen LogP contribution in [0.5, 0.6) is 11.5 Å². The van der Waals surface area contributed by atoms with Crippen LogP contribution in [0.2, 0.25) is 0 Å². The van der Waals surface area contributed by atoms with Gasteiger partial charge >= 0.3 is 0 Å². The minimum atomic E-state index is -0.312. The molecule has 0 saturated heterocycles. The van der Waals surface area contributed by atoms with E-state index in [9.17, 15) is 4.79 Å². The van der Waals surface area contributed by atoms with Crippen LogP contribution in [0.4, 0.5) is 0 Å².